The third kappa shape index (κ3) is 9.31. The Morgan fingerprint density at radius 2 is 1.86 bits per heavy atom. The van der Waals surface area contributed by atoms with Gasteiger partial charge in [0, 0.05) is 11.1 Å². The molecule has 2 aromatic rings. The summed E-state index contributed by atoms with van der Waals surface area (Å²) in [6, 6.07) is 12.2. The van der Waals surface area contributed by atoms with Gasteiger partial charge in [-0.3, -0.25) is 19.6 Å². The number of esters is 1. The highest BCUT2D eigenvalue weighted by atomic mass is 17.1. The number of hydrogen-bond donors (Lipinski definition) is 5. The molecule has 12 nitrogen and oxygen atoms in total. The lowest BCUT2D eigenvalue weighted by Crippen LogP contribution is -2.39. The number of carbonyl (C=O) groups is 3. The van der Waals surface area contributed by atoms with Crippen molar-refractivity contribution in [2.24, 2.45) is 16.5 Å². The molecule has 1 atom stereocenters. The van der Waals surface area contributed by atoms with Gasteiger partial charge in [-0.05, 0) is 31.2 Å². The topological polar surface area (TPSA) is 188 Å². The van der Waals surface area contributed by atoms with E-state index in [2.05, 4.69) is 20.5 Å². The van der Waals surface area contributed by atoms with Crippen LogP contribution in [0.1, 0.15) is 35.3 Å². The van der Waals surface area contributed by atoms with Gasteiger partial charge in [-0.2, -0.15) is 0 Å². The van der Waals surface area contributed by atoms with Gasteiger partial charge in [-0.1, -0.05) is 24.3 Å². The maximum Gasteiger partial charge on any atom is 0.308 e. The second-order valence-electron chi connectivity index (χ2n) is 7.12. The number of para-hydroxylation sites is 1. The van der Waals surface area contributed by atoms with Gasteiger partial charge in [0.05, 0.1) is 31.3 Å². The highest BCUT2D eigenvalue weighted by molar-refractivity contribution is 5.97. The number of guanidine groups is 1. The largest absolute Gasteiger partial charge is 0.491 e. The summed E-state index contributed by atoms with van der Waals surface area (Å²) in [7, 11) is 0. The van der Waals surface area contributed by atoms with Crippen LogP contribution < -0.4 is 26.8 Å². The lowest BCUT2D eigenvalue weighted by atomic mass is 10.0. The predicted octanol–water partition coefficient (Wildman–Crippen LogP) is 1.00. The van der Waals surface area contributed by atoms with Gasteiger partial charge in [0.1, 0.15) is 19.0 Å². The van der Waals surface area contributed by atoms with Crippen LogP contribution in [-0.2, 0) is 19.2 Å². The molecule has 12 heteroatoms. The molecule has 2 amide bonds. The van der Waals surface area contributed by atoms with Crippen LogP contribution >= 0.6 is 0 Å². The second kappa shape index (κ2) is 14.2. The third-order valence-corrected chi connectivity index (χ3v) is 4.51. The van der Waals surface area contributed by atoms with E-state index in [9.17, 15) is 14.4 Å². The van der Waals surface area contributed by atoms with Gasteiger partial charge in [0.15, 0.2) is 5.96 Å². The minimum absolute atomic E-state index is 0.0442. The molecule has 2 rings (SSSR count). The van der Waals surface area contributed by atoms with E-state index in [0.29, 0.717) is 17.0 Å². The number of nitrogens with zero attached hydrogens (tertiary/aromatic N) is 1. The van der Waals surface area contributed by atoms with Crippen molar-refractivity contribution >= 4 is 29.4 Å². The molecule has 0 saturated carbocycles. The highest BCUT2D eigenvalue weighted by Gasteiger charge is 2.23. The van der Waals surface area contributed by atoms with Crippen LogP contribution in [0.5, 0.6) is 5.75 Å². The number of carbonyl (C=O) groups excluding carboxylic acids is 3. The predicted molar refractivity (Wildman–Crippen MR) is 127 cm³/mol. The molecule has 0 spiro atoms. The average molecular weight is 488 g/mol. The maximum atomic E-state index is 12.7. The smallest absolute Gasteiger partial charge is 0.308 e. The molecule has 1 unspecified atom stereocenters. The molecule has 2 aromatic carbocycles. The molecular formula is C23H29N5O7. The Kier molecular flexibility index (Phi) is 11.0. The van der Waals surface area contributed by atoms with Crippen molar-refractivity contribution in [3.8, 4) is 5.75 Å². The van der Waals surface area contributed by atoms with Gasteiger partial charge in [0.25, 0.3) is 5.91 Å². The molecule has 0 aliphatic heterocycles. The molecule has 35 heavy (non-hydrogen) atoms. The molecule has 0 radical (unpaired) electrons. The van der Waals surface area contributed by atoms with E-state index >= 15 is 0 Å². The zero-order chi connectivity index (χ0) is 25.6. The summed E-state index contributed by atoms with van der Waals surface area (Å²) in [4.78, 5) is 45.2. The van der Waals surface area contributed by atoms with Gasteiger partial charge in [-0.15, -0.1) is 0 Å². The number of nitrogens with two attached hydrogens (primary N) is 2. The number of nitrogens with one attached hydrogen (secondary N) is 2. The van der Waals surface area contributed by atoms with E-state index in [1.165, 1.54) is 6.07 Å². The number of amides is 2. The van der Waals surface area contributed by atoms with Crippen molar-refractivity contribution in [1.29, 1.82) is 0 Å². The van der Waals surface area contributed by atoms with Crippen molar-refractivity contribution in [2.75, 3.05) is 26.4 Å². The Labute approximate surface area is 202 Å². The third-order valence-electron chi connectivity index (χ3n) is 4.51. The molecule has 0 aliphatic carbocycles. The summed E-state index contributed by atoms with van der Waals surface area (Å²) in [5.41, 5.74) is 11.9. The molecule has 188 valence electrons. The first-order valence-corrected chi connectivity index (χ1v) is 10.7. The van der Waals surface area contributed by atoms with Gasteiger partial charge >= 0.3 is 5.97 Å². The van der Waals surface area contributed by atoms with Crippen molar-refractivity contribution in [2.45, 2.75) is 19.4 Å². The van der Waals surface area contributed by atoms with Gasteiger partial charge in [0.2, 0.25) is 5.91 Å². The molecular weight excluding hydrogens is 458 g/mol. The number of hydrogen-bond acceptors (Lipinski definition) is 8. The van der Waals surface area contributed by atoms with E-state index in [1.807, 2.05) is 0 Å². The van der Waals surface area contributed by atoms with E-state index in [4.69, 9.17) is 26.2 Å². The molecule has 0 saturated heterocycles. The van der Waals surface area contributed by atoms with Crippen molar-refractivity contribution in [1.82, 2.24) is 10.6 Å². The van der Waals surface area contributed by atoms with Crippen LogP contribution in [0.25, 0.3) is 0 Å². The van der Waals surface area contributed by atoms with E-state index in [0.717, 1.165) is 0 Å². The molecule has 0 fully saturated rings. The Morgan fingerprint density at radius 1 is 1.09 bits per heavy atom. The Morgan fingerprint density at radius 3 is 2.57 bits per heavy atom. The monoisotopic (exact) mass is 487 g/mol. The van der Waals surface area contributed by atoms with Crippen LogP contribution in [-0.4, -0.2) is 55.4 Å². The van der Waals surface area contributed by atoms with Crippen molar-refractivity contribution in [3.05, 3.63) is 59.7 Å². The highest BCUT2D eigenvalue weighted by Crippen LogP contribution is 2.27. The van der Waals surface area contributed by atoms with Crippen molar-refractivity contribution < 1.29 is 34.0 Å². The number of benzene rings is 2. The molecule has 7 N–H and O–H groups in total. The summed E-state index contributed by atoms with van der Waals surface area (Å²) < 4.78 is 10.6. The lowest BCUT2D eigenvalue weighted by molar-refractivity contribution is -0.245. The summed E-state index contributed by atoms with van der Waals surface area (Å²) in [6.45, 7) is 1.48. The number of rotatable bonds is 13. The average Bonchev–Trinajstić information content (AvgIpc) is 2.82. The van der Waals surface area contributed by atoms with Crippen LogP contribution in [0.3, 0.4) is 0 Å². The van der Waals surface area contributed by atoms with Gasteiger partial charge < -0.3 is 31.6 Å². The fourth-order valence-electron chi connectivity index (χ4n) is 3.09. The number of ether oxygens (including phenoxy) is 2. The van der Waals surface area contributed by atoms with E-state index < -0.39 is 23.8 Å². The summed E-state index contributed by atoms with van der Waals surface area (Å²) in [5, 5.41) is 13.8. The quantitative estimate of drug-likeness (QED) is 0.0685. The van der Waals surface area contributed by atoms with Gasteiger partial charge in [-0.25, -0.2) is 9.88 Å². The maximum absolute atomic E-state index is 12.7. The first-order chi connectivity index (χ1) is 16.8. The SMILES string of the molecule is CCOC(=O)CC(NC(=O)CNC(=O)c1cccc(N=C(N)N)c1)c1ccccc1OCCOO. The summed E-state index contributed by atoms with van der Waals surface area (Å²) in [6.07, 6.45) is -0.162. The Balaban J connectivity index is 2.10. The second-order valence-corrected chi connectivity index (χ2v) is 7.12. The first kappa shape index (κ1) is 27.1. The first-order valence-electron chi connectivity index (χ1n) is 10.7. The zero-order valence-electron chi connectivity index (χ0n) is 19.2. The van der Waals surface area contributed by atoms with Crippen LogP contribution in [0.15, 0.2) is 53.5 Å². The van der Waals surface area contributed by atoms with E-state index in [1.54, 1.807) is 49.4 Å². The Hall–Kier alpha value is -4.16. The van der Waals surface area contributed by atoms with Crippen LogP contribution in [0, 0.1) is 0 Å². The standard InChI is InChI=1S/C23H29N5O7/c1-2-33-21(30)13-18(17-8-3-4-9-19(17)34-10-11-35-32)28-20(29)14-26-22(31)15-6-5-7-16(12-15)27-23(24)25/h3-9,12,18,32H,2,10-11,13-14H2,1H3,(H,26,31)(H,28,29)(H4,24,25,27). The fourth-order valence-corrected chi connectivity index (χ4v) is 3.09. The molecule has 0 bridgehead atoms. The molecule has 0 aromatic heterocycles. The zero-order valence-corrected chi connectivity index (χ0v) is 19.2. The molecule has 0 aliphatic rings. The minimum atomic E-state index is -0.796. The van der Waals surface area contributed by atoms with E-state index in [-0.39, 0.29) is 44.3 Å². The van der Waals surface area contributed by atoms with Crippen LogP contribution in [0.2, 0.25) is 0 Å². The minimum Gasteiger partial charge on any atom is -0.491 e. The Bertz CT molecular complexity index is 1040. The normalized spacial score (nSPS) is 11.1. The lowest BCUT2D eigenvalue weighted by Gasteiger charge is -2.21. The fraction of sp³-hybridized carbons (Fsp3) is 0.304. The summed E-state index contributed by atoms with van der Waals surface area (Å²) in [5.74, 6) is -1.33. The number of aliphatic imine (C=N–C) groups is 1. The molecule has 0 heterocycles. The van der Waals surface area contributed by atoms with Crippen molar-refractivity contribution in [3.63, 3.8) is 0 Å². The van der Waals surface area contributed by atoms with Crippen LogP contribution in [0.4, 0.5) is 5.69 Å². The summed E-state index contributed by atoms with van der Waals surface area (Å²) >= 11 is 0.